The van der Waals surface area contributed by atoms with Crippen molar-refractivity contribution in [2.75, 3.05) is 14.2 Å². The first-order valence-electron chi connectivity index (χ1n) is 6.99. The van der Waals surface area contributed by atoms with Gasteiger partial charge in [-0.15, -0.1) is 0 Å². The Morgan fingerprint density at radius 1 is 1.23 bits per heavy atom. The van der Waals surface area contributed by atoms with Crippen molar-refractivity contribution in [3.63, 3.8) is 0 Å². The van der Waals surface area contributed by atoms with Crippen molar-refractivity contribution < 1.29 is 19.1 Å². The van der Waals surface area contributed by atoms with Crippen LogP contribution in [0.2, 0.25) is 5.02 Å². The summed E-state index contributed by atoms with van der Waals surface area (Å²) in [4.78, 5) is 23.6. The summed E-state index contributed by atoms with van der Waals surface area (Å²) in [7, 11) is 2.69. The molecule has 0 fully saturated rings. The Kier molecular flexibility index (Phi) is 5.08. The van der Waals surface area contributed by atoms with Crippen LogP contribution in [0.5, 0.6) is 0 Å². The number of nitrogens with zero attached hydrogens (tertiary/aromatic N) is 1. The van der Waals surface area contributed by atoms with Crippen molar-refractivity contribution >= 4 is 34.4 Å². The molecule has 0 aliphatic rings. The van der Waals surface area contributed by atoms with Gasteiger partial charge in [-0.3, -0.25) is 4.79 Å². The summed E-state index contributed by atoms with van der Waals surface area (Å²) in [5, 5.41) is 1.50. The zero-order valence-corrected chi connectivity index (χ0v) is 13.6. The van der Waals surface area contributed by atoms with Crippen molar-refractivity contribution in [3.8, 4) is 0 Å². The van der Waals surface area contributed by atoms with Crippen molar-refractivity contribution in [1.82, 2.24) is 4.57 Å². The molecule has 5 nitrogen and oxygen atoms in total. The number of methoxy groups -OCH3 is 2. The Hall–Kier alpha value is -2.01. The van der Waals surface area contributed by atoms with Gasteiger partial charge in [0.05, 0.1) is 20.6 Å². The number of halogens is 1. The van der Waals surface area contributed by atoms with E-state index in [4.69, 9.17) is 16.3 Å². The Balaban J connectivity index is 2.64. The second kappa shape index (κ2) is 6.83. The molecule has 0 amide bonds. The lowest BCUT2D eigenvalue weighted by Crippen LogP contribution is -2.15. The van der Waals surface area contributed by atoms with Gasteiger partial charge in [0.25, 0.3) is 0 Å². The molecule has 0 bridgehead atoms. The molecule has 0 N–H and O–H groups in total. The molecule has 118 valence electrons. The van der Waals surface area contributed by atoms with Gasteiger partial charge >= 0.3 is 11.9 Å². The molecule has 6 heteroatoms. The molecule has 0 radical (unpaired) electrons. The molecule has 1 aromatic carbocycles. The molecule has 22 heavy (non-hydrogen) atoms. The van der Waals surface area contributed by atoms with E-state index in [2.05, 4.69) is 4.74 Å². The maximum Gasteiger partial charge on any atom is 0.354 e. The van der Waals surface area contributed by atoms with Crippen LogP contribution in [0, 0.1) is 0 Å². The van der Waals surface area contributed by atoms with Crippen LogP contribution in [-0.2, 0) is 27.2 Å². The van der Waals surface area contributed by atoms with E-state index in [9.17, 15) is 9.59 Å². The van der Waals surface area contributed by atoms with Crippen LogP contribution in [0.3, 0.4) is 0 Å². The van der Waals surface area contributed by atoms with Gasteiger partial charge in [-0.25, -0.2) is 4.79 Å². The summed E-state index contributed by atoms with van der Waals surface area (Å²) in [6.45, 7) is 2.31. The van der Waals surface area contributed by atoms with Crippen LogP contribution in [0.25, 0.3) is 10.9 Å². The number of aromatic nitrogens is 1. The van der Waals surface area contributed by atoms with E-state index in [1.807, 2.05) is 19.1 Å². The van der Waals surface area contributed by atoms with Crippen LogP contribution < -0.4 is 0 Å². The Morgan fingerprint density at radius 3 is 2.55 bits per heavy atom. The number of aryl methyl sites for hydroxylation is 2. The highest BCUT2D eigenvalue weighted by atomic mass is 35.5. The summed E-state index contributed by atoms with van der Waals surface area (Å²) >= 11 is 6.07. The van der Waals surface area contributed by atoms with Gasteiger partial charge in [-0.2, -0.15) is 0 Å². The lowest BCUT2D eigenvalue weighted by molar-refractivity contribution is -0.140. The SMILES string of the molecule is CCc1c(C(=O)OC)n(CCC(=O)OC)c2ccc(Cl)cc12. The van der Waals surface area contributed by atoms with Gasteiger partial charge in [-0.05, 0) is 30.2 Å². The van der Waals surface area contributed by atoms with Crippen LogP contribution in [0.1, 0.15) is 29.4 Å². The zero-order valence-electron chi connectivity index (χ0n) is 12.8. The number of fused-ring (bicyclic) bond motifs is 1. The summed E-state index contributed by atoms with van der Waals surface area (Å²) in [6.07, 6.45) is 0.836. The maximum absolute atomic E-state index is 12.2. The predicted molar refractivity (Wildman–Crippen MR) is 84.3 cm³/mol. The first-order valence-corrected chi connectivity index (χ1v) is 7.37. The number of esters is 2. The minimum atomic E-state index is -0.422. The topological polar surface area (TPSA) is 57.5 Å². The molecule has 2 rings (SSSR count). The number of carbonyl (C=O) groups excluding carboxylic acids is 2. The summed E-state index contributed by atoms with van der Waals surface area (Å²) in [6, 6.07) is 5.44. The molecule has 0 spiro atoms. The number of benzene rings is 1. The van der Waals surface area contributed by atoms with Crippen molar-refractivity contribution in [2.24, 2.45) is 0 Å². The van der Waals surface area contributed by atoms with E-state index < -0.39 is 5.97 Å². The molecule has 1 aromatic heterocycles. The summed E-state index contributed by atoms with van der Waals surface area (Å²) in [5.74, 6) is -0.751. The standard InChI is InChI=1S/C16H18ClNO4/c1-4-11-12-9-10(17)5-6-13(12)18(8-7-14(19)21-2)15(11)16(20)22-3/h5-6,9H,4,7-8H2,1-3H3. The monoisotopic (exact) mass is 323 g/mol. The molecule has 0 saturated heterocycles. The molecule has 0 unspecified atom stereocenters. The average Bonchev–Trinajstić information content (AvgIpc) is 2.84. The fraction of sp³-hybridized carbons (Fsp3) is 0.375. The smallest absolute Gasteiger partial charge is 0.354 e. The number of ether oxygens (including phenoxy) is 2. The largest absolute Gasteiger partial charge is 0.469 e. The van der Waals surface area contributed by atoms with E-state index in [0.717, 1.165) is 16.5 Å². The predicted octanol–water partition coefficient (Wildman–Crippen LogP) is 3.21. The van der Waals surface area contributed by atoms with Crippen molar-refractivity contribution in [2.45, 2.75) is 26.3 Å². The molecule has 0 saturated carbocycles. The third-order valence-electron chi connectivity index (χ3n) is 3.63. The lowest BCUT2D eigenvalue weighted by atomic mass is 10.1. The molecule has 2 aromatic rings. The van der Waals surface area contributed by atoms with Crippen molar-refractivity contribution in [1.29, 1.82) is 0 Å². The number of carbonyl (C=O) groups is 2. The zero-order chi connectivity index (χ0) is 16.3. The van der Waals surface area contributed by atoms with Crippen LogP contribution in [0.4, 0.5) is 0 Å². The van der Waals surface area contributed by atoms with Crippen LogP contribution >= 0.6 is 11.6 Å². The van der Waals surface area contributed by atoms with Gasteiger partial charge in [0.2, 0.25) is 0 Å². The van der Waals surface area contributed by atoms with Gasteiger partial charge in [-0.1, -0.05) is 18.5 Å². The average molecular weight is 324 g/mol. The van der Waals surface area contributed by atoms with E-state index in [-0.39, 0.29) is 12.4 Å². The van der Waals surface area contributed by atoms with E-state index in [0.29, 0.717) is 23.7 Å². The minimum Gasteiger partial charge on any atom is -0.469 e. The number of rotatable bonds is 5. The molecular weight excluding hydrogens is 306 g/mol. The van der Waals surface area contributed by atoms with Gasteiger partial charge < -0.3 is 14.0 Å². The fourth-order valence-corrected chi connectivity index (χ4v) is 2.79. The van der Waals surface area contributed by atoms with E-state index in [1.54, 1.807) is 10.6 Å². The third kappa shape index (κ3) is 2.95. The third-order valence-corrected chi connectivity index (χ3v) is 3.86. The van der Waals surface area contributed by atoms with Crippen molar-refractivity contribution in [3.05, 3.63) is 34.5 Å². The molecule has 1 heterocycles. The fourth-order valence-electron chi connectivity index (χ4n) is 2.62. The first-order chi connectivity index (χ1) is 10.5. The van der Waals surface area contributed by atoms with Gasteiger partial charge in [0.1, 0.15) is 5.69 Å². The highest BCUT2D eigenvalue weighted by molar-refractivity contribution is 6.31. The van der Waals surface area contributed by atoms with Crippen LogP contribution in [0.15, 0.2) is 18.2 Å². The molecule has 0 atom stereocenters. The van der Waals surface area contributed by atoms with E-state index >= 15 is 0 Å². The Bertz CT molecular complexity index is 720. The highest BCUT2D eigenvalue weighted by Gasteiger charge is 2.23. The molecular formula is C16H18ClNO4. The lowest BCUT2D eigenvalue weighted by Gasteiger charge is -2.09. The second-order valence-corrected chi connectivity index (χ2v) is 5.25. The second-order valence-electron chi connectivity index (χ2n) is 4.81. The Labute approximate surface area is 133 Å². The summed E-state index contributed by atoms with van der Waals surface area (Å²) in [5.41, 5.74) is 2.19. The van der Waals surface area contributed by atoms with Gasteiger partial charge in [0.15, 0.2) is 0 Å². The molecule has 0 aliphatic carbocycles. The number of hydrogen-bond acceptors (Lipinski definition) is 4. The van der Waals surface area contributed by atoms with Gasteiger partial charge in [0, 0.05) is 22.5 Å². The normalized spacial score (nSPS) is 10.7. The number of hydrogen-bond donors (Lipinski definition) is 0. The first kappa shape index (κ1) is 16.4. The quantitative estimate of drug-likeness (QED) is 0.793. The van der Waals surface area contributed by atoms with E-state index in [1.165, 1.54) is 14.2 Å². The minimum absolute atomic E-state index is 0.177. The Morgan fingerprint density at radius 2 is 1.95 bits per heavy atom. The van der Waals surface area contributed by atoms with Crippen LogP contribution in [-0.4, -0.2) is 30.7 Å². The molecule has 0 aliphatic heterocycles. The summed E-state index contributed by atoms with van der Waals surface area (Å²) < 4.78 is 11.4. The highest BCUT2D eigenvalue weighted by Crippen LogP contribution is 2.30. The maximum atomic E-state index is 12.2.